The number of aromatic hydroxyl groups is 1. The number of piperidine rings is 1. The van der Waals surface area contributed by atoms with Gasteiger partial charge in [-0.15, -0.1) is 0 Å². The molecule has 2 fully saturated rings. The van der Waals surface area contributed by atoms with Crippen LogP contribution in [0.1, 0.15) is 69.9 Å². The van der Waals surface area contributed by atoms with Gasteiger partial charge in [0.25, 0.3) is 0 Å². The number of likely N-dealkylation sites (N-methyl/N-ethyl adjacent to an activating group) is 1. The lowest BCUT2D eigenvalue weighted by molar-refractivity contribution is 0.0871. The summed E-state index contributed by atoms with van der Waals surface area (Å²) in [4.78, 5) is 2.48. The number of aryl methyl sites for hydroxylation is 1. The van der Waals surface area contributed by atoms with Crippen LogP contribution in [0.4, 0.5) is 0 Å². The van der Waals surface area contributed by atoms with Crippen molar-refractivity contribution in [2.45, 2.75) is 83.2 Å². The van der Waals surface area contributed by atoms with Gasteiger partial charge in [-0.1, -0.05) is 45.1 Å². The molecule has 0 spiro atoms. The Labute approximate surface area is 160 Å². The van der Waals surface area contributed by atoms with Crippen LogP contribution in [0, 0.1) is 12.8 Å². The molecule has 146 valence electrons. The van der Waals surface area contributed by atoms with Gasteiger partial charge in [0, 0.05) is 17.5 Å². The van der Waals surface area contributed by atoms with Crippen molar-refractivity contribution in [3.63, 3.8) is 0 Å². The summed E-state index contributed by atoms with van der Waals surface area (Å²) in [6.07, 6.45) is 9.56. The summed E-state index contributed by atoms with van der Waals surface area (Å²) in [5, 5.41) is 14.1. The van der Waals surface area contributed by atoms with Gasteiger partial charge in [-0.05, 0) is 76.0 Å². The molecule has 1 saturated carbocycles. The molecule has 3 heteroatoms. The molecular weight excluding hydrogens is 320 g/mol. The predicted molar refractivity (Wildman–Crippen MR) is 110 cm³/mol. The Kier molecular flexibility index (Phi) is 6.29. The topological polar surface area (TPSA) is 35.5 Å². The van der Waals surface area contributed by atoms with E-state index in [1.54, 1.807) is 0 Å². The first-order valence-electron chi connectivity index (χ1n) is 10.7. The van der Waals surface area contributed by atoms with Crippen molar-refractivity contribution in [2.75, 3.05) is 20.1 Å². The molecule has 0 bridgehead atoms. The fourth-order valence-corrected chi connectivity index (χ4v) is 5.40. The summed E-state index contributed by atoms with van der Waals surface area (Å²) in [5.41, 5.74) is 2.66. The number of nitrogens with zero attached hydrogens (tertiary/aromatic N) is 1. The van der Waals surface area contributed by atoms with E-state index in [2.05, 4.69) is 44.1 Å². The van der Waals surface area contributed by atoms with Gasteiger partial charge in [-0.3, -0.25) is 0 Å². The minimum atomic E-state index is 0.0569. The first kappa shape index (κ1) is 19.7. The van der Waals surface area contributed by atoms with Crippen LogP contribution in [0.2, 0.25) is 0 Å². The molecule has 0 aromatic heterocycles. The first-order valence-corrected chi connectivity index (χ1v) is 10.7. The second kappa shape index (κ2) is 8.31. The molecule has 1 aliphatic carbocycles. The van der Waals surface area contributed by atoms with Crippen LogP contribution >= 0.6 is 0 Å². The molecule has 3 rings (SSSR count). The predicted octanol–water partition coefficient (Wildman–Crippen LogP) is 4.61. The summed E-state index contributed by atoms with van der Waals surface area (Å²) in [6, 6.07) is 6.78. The van der Waals surface area contributed by atoms with E-state index in [4.69, 9.17) is 0 Å². The smallest absolute Gasteiger partial charge is 0.115 e. The summed E-state index contributed by atoms with van der Waals surface area (Å²) in [6.45, 7) is 9.15. The average molecular weight is 359 g/mol. The maximum absolute atomic E-state index is 10.1. The summed E-state index contributed by atoms with van der Waals surface area (Å²) < 4.78 is 0. The summed E-state index contributed by atoms with van der Waals surface area (Å²) in [7, 11) is 2.25. The Morgan fingerprint density at radius 1 is 1.23 bits per heavy atom. The van der Waals surface area contributed by atoms with Gasteiger partial charge in [0.15, 0.2) is 0 Å². The second-order valence-electron chi connectivity index (χ2n) is 9.11. The van der Waals surface area contributed by atoms with Crippen molar-refractivity contribution in [1.29, 1.82) is 0 Å². The highest BCUT2D eigenvalue weighted by Crippen LogP contribution is 2.40. The van der Waals surface area contributed by atoms with Gasteiger partial charge < -0.3 is 15.3 Å². The van der Waals surface area contributed by atoms with E-state index in [9.17, 15) is 5.11 Å². The molecule has 26 heavy (non-hydrogen) atoms. The van der Waals surface area contributed by atoms with Crippen LogP contribution in [0.25, 0.3) is 0 Å². The largest absolute Gasteiger partial charge is 0.508 e. The van der Waals surface area contributed by atoms with Crippen LogP contribution in [0.3, 0.4) is 0 Å². The standard InChI is InChI=1S/C23H38N2O/c1-17-10-11-20(26)16-21(17)23(3)13-15-25(4)18(2)22(23)24-14-12-19-8-6-5-7-9-19/h10-11,16,18-19,22,24,26H,5-9,12-15H2,1-4H3/t18-,22-,23-/m1/s1. The molecule has 3 atom stereocenters. The maximum atomic E-state index is 10.1. The van der Waals surface area contributed by atoms with Crippen molar-refractivity contribution in [3.8, 4) is 5.75 Å². The van der Waals surface area contributed by atoms with Gasteiger partial charge in [0.1, 0.15) is 5.75 Å². The van der Waals surface area contributed by atoms with Crippen LogP contribution in [0.5, 0.6) is 5.75 Å². The van der Waals surface area contributed by atoms with Crippen molar-refractivity contribution in [1.82, 2.24) is 10.2 Å². The van der Waals surface area contributed by atoms with Crippen LogP contribution in [-0.4, -0.2) is 42.2 Å². The molecule has 0 amide bonds. The van der Waals surface area contributed by atoms with Gasteiger partial charge in [-0.2, -0.15) is 0 Å². The molecule has 1 aromatic rings. The van der Waals surface area contributed by atoms with E-state index in [1.165, 1.54) is 49.7 Å². The van der Waals surface area contributed by atoms with Crippen molar-refractivity contribution in [3.05, 3.63) is 29.3 Å². The van der Waals surface area contributed by atoms with Gasteiger partial charge in [0.2, 0.25) is 0 Å². The Balaban J connectivity index is 1.76. The van der Waals surface area contributed by atoms with E-state index in [0.717, 1.165) is 25.4 Å². The first-order chi connectivity index (χ1) is 12.4. The van der Waals surface area contributed by atoms with Crippen molar-refractivity contribution < 1.29 is 5.11 Å². The lowest BCUT2D eigenvalue weighted by Crippen LogP contribution is -2.62. The Morgan fingerprint density at radius 2 is 1.96 bits per heavy atom. The second-order valence-corrected chi connectivity index (χ2v) is 9.11. The zero-order valence-electron chi connectivity index (χ0n) is 17.2. The number of phenolic OH excluding ortho intramolecular Hbond substituents is 1. The minimum absolute atomic E-state index is 0.0569. The monoisotopic (exact) mass is 358 g/mol. The molecule has 3 nitrogen and oxygen atoms in total. The fraction of sp³-hybridized carbons (Fsp3) is 0.739. The Bertz CT molecular complexity index is 596. The molecule has 0 unspecified atom stereocenters. The minimum Gasteiger partial charge on any atom is -0.508 e. The van der Waals surface area contributed by atoms with Gasteiger partial charge in [-0.25, -0.2) is 0 Å². The zero-order valence-corrected chi connectivity index (χ0v) is 17.2. The fourth-order valence-electron chi connectivity index (χ4n) is 5.40. The van der Waals surface area contributed by atoms with E-state index < -0.39 is 0 Å². The van der Waals surface area contributed by atoms with E-state index in [1.807, 2.05) is 12.1 Å². The number of phenols is 1. The Hall–Kier alpha value is -1.06. The number of nitrogens with one attached hydrogen (secondary N) is 1. The molecule has 2 aliphatic rings. The Morgan fingerprint density at radius 3 is 2.69 bits per heavy atom. The quantitative estimate of drug-likeness (QED) is 0.807. The number of benzene rings is 1. The van der Waals surface area contributed by atoms with Crippen molar-refractivity contribution >= 4 is 0 Å². The van der Waals surface area contributed by atoms with Crippen LogP contribution < -0.4 is 5.32 Å². The number of hydrogen-bond acceptors (Lipinski definition) is 3. The molecular formula is C23H38N2O. The normalized spacial score (nSPS) is 31.2. The average Bonchev–Trinajstić information content (AvgIpc) is 2.64. The lowest BCUT2D eigenvalue weighted by Gasteiger charge is -2.50. The molecule has 2 N–H and O–H groups in total. The highest BCUT2D eigenvalue weighted by Gasteiger charge is 2.44. The van der Waals surface area contributed by atoms with Crippen LogP contribution in [-0.2, 0) is 5.41 Å². The molecule has 1 aromatic carbocycles. The SMILES string of the molecule is Cc1ccc(O)cc1[C@@]1(C)CCN(C)[C@H](C)[C@H]1NCCC1CCCCC1. The molecule has 1 heterocycles. The summed E-state index contributed by atoms with van der Waals surface area (Å²) in [5.74, 6) is 1.31. The third-order valence-corrected chi connectivity index (χ3v) is 7.33. The van der Waals surface area contributed by atoms with E-state index in [-0.39, 0.29) is 5.41 Å². The highest BCUT2D eigenvalue weighted by molar-refractivity contribution is 5.41. The van der Waals surface area contributed by atoms with Gasteiger partial charge >= 0.3 is 0 Å². The molecule has 0 radical (unpaired) electrons. The third-order valence-electron chi connectivity index (χ3n) is 7.33. The molecule has 1 saturated heterocycles. The zero-order chi connectivity index (χ0) is 18.7. The third kappa shape index (κ3) is 4.09. The maximum Gasteiger partial charge on any atom is 0.115 e. The van der Waals surface area contributed by atoms with Gasteiger partial charge in [0.05, 0.1) is 0 Å². The summed E-state index contributed by atoms with van der Waals surface area (Å²) >= 11 is 0. The number of likely N-dealkylation sites (tertiary alicyclic amines) is 1. The lowest BCUT2D eigenvalue weighted by atomic mass is 9.67. The highest BCUT2D eigenvalue weighted by atomic mass is 16.3. The molecule has 1 aliphatic heterocycles. The van der Waals surface area contributed by atoms with Crippen LogP contribution in [0.15, 0.2) is 18.2 Å². The number of hydrogen-bond donors (Lipinski definition) is 2. The number of rotatable bonds is 5. The van der Waals surface area contributed by atoms with Crippen molar-refractivity contribution in [2.24, 2.45) is 5.92 Å². The van der Waals surface area contributed by atoms with E-state index in [0.29, 0.717) is 17.8 Å². The van der Waals surface area contributed by atoms with E-state index >= 15 is 0 Å².